The van der Waals surface area contributed by atoms with Crippen molar-refractivity contribution in [2.45, 2.75) is 18.6 Å². The number of anilines is 1. The highest BCUT2D eigenvalue weighted by Gasteiger charge is 2.32. The van der Waals surface area contributed by atoms with Gasteiger partial charge in [0, 0.05) is 35.8 Å². The summed E-state index contributed by atoms with van der Waals surface area (Å²) in [7, 11) is 1.63. The van der Waals surface area contributed by atoms with Crippen molar-refractivity contribution >= 4 is 40.9 Å². The molecule has 0 aromatic heterocycles. The van der Waals surface area contributed by atoms with Gasteiger partial charge in [-0.05, 0) is 47.9 Å². The van der Waals surface area contributed by atoms with Crippen molar-refractivity contribution in [1.29, 1.82) is 0 Å². The number of carbonyl (C=O) groups excluding carboxylic acids is 1. The zero-order valence-electron chi connectivity index (χ0n) is 16.8. The summed E-state index contributed by atoms with van der Waals surface area (Å²) in [4.78, 5) is 12.9. The van der Waals surface area contributed by atoms with Crippen LogP contribution in [0.1, 0.15) is 29.2 Å². The van der Waals surface area contributed by atoms with Gasteiger partial charge in [-0.1, -0.05) is 29.8 Å². The SMILES string of the molecule is COCCCl.Nc1ccc(Cl)cc1C1=CC(c2cccc(C(F)(F)F)c2)N(C=O)CC1. The second-order valence-electron chi connectivity index (χ2n) is 6.77. The zero-order valence-corrected chi connectivity index (χ0v) is 18.3. The third-order valence-corrected chi connectivity index (χ3v) is 5.08. The van der Waals surface area contributed by atoms with Crippen molar-refractivity contribution in [3.63, 3.8) is 0 Å². The third-order valence-electron chi connectivity index (χ3n) is 4.69. The maximum absolute atomic E-state index is 13.0. The summed E-state index contributed by atoms with van der Waals surface area (Å²) in [6, 6.07) is 9.49. The van der Waals surface area contributed by atoms with E-state index in [4.69, 9.17) is 28.9 Å². The molecule has 4 nitrogen and oxygen atoms in total. The quantitative estimate of drug-likeness (QED) is 0.338. The number of methoxy groups -OCH3 is 1. The first kappa shape index (κ1) is 25.0. The number of amides is 1. The summed E-state index contributed by atoms with van der Waals surface area (Å²) in [5, 5.41) is 0.517. The average molecular weight is 475 g/mol. The summed E-state index contributed by atoms with van der Waals surface area (Å²) in [6.45, 7) is 1.03. The standard InChI is InChI=1S/C19H16ClF3N2O.C3H7ClO/c20-15-4-5-17(24)16(10-15)12-6-7-25(11-26)18(9-12)13-2-1-3-14(8-13)19(21,22)23;1-5-3-2-4/h1-5,8-11,18H,6-7,24H2;2-3H2,1H3. The van der Waals surface area contributed by atoms with Crippen LogP contribution in [0, 0.1) is 0 Å². The number of hydrogen-bond acceptors (Lipinski definition) is 3. The molecule has 1 aliphatic rings. The maximum Gasteiger partial charge on any atom is 0.416 e. The Bertz CT molecular complexity index is 918. The smallest absolute Gasteiger partial charge is 0.398 e. The minimum atomic E-state index is -4.44. The molecule has 0 spiro atoms. The van der Waals surface area contributed by atoms with Crippen molar-refractivity contribution in [2.24, 2.45) is 0 Å². The number of ether oxygens (including phenoxy) is 1. The molecule has 1 unspecified atom stereocenters. The number of alkyl halides is 4. The normalized spacial score (nSPS) is 16.3. The molecular formula is C22H23Cl2F3N2O2. The van der Waals surface area contributed by atoms with E-state index < -0.39 is 17.8 Å². The van der Waals surface area contributed by atoms with E-state index in [1.54, 1.807) is 37.5 Å². The molecule has 0 aliphatic carbocycles. The number of benzene rings is 2. The van der Waals surface area contributed by atoms with Gasteiger partial charge in [-0.2, -0.15) is 13.2 Å². The Kier molecular flexibility index (Phi) is 9.22. The first-order chi connectivity index (χ1) is 14.7. The van der Waals surface area contributed by atoms with Gasteiger partial charge in [-0.3, -0.25) is 4.79 Å². The Balaban J connectivity index is 0.000000614. The van der Waals surface area contributed by atoms with Crippen LogP contribution in [-0.2, 0) is 15.7 Å². The summed E-state index contributed by atoms with van der Waals surface area (Å²) in [5.41, 5.74) is 7.79. The fraction of sp³-hybridized carbons (Fsp3) is 0.318. The lowest BCUT2D eigenvalue weighted by Gasteiger charge is -2.32. The Morgan fingerprint density at radius 3 is 2.58 bits per heavy atom. The van der Waals surface area contributed by atoms with E-state index in [2.05, 4.69) is 4.74 Å². The number of nitrogens with two attached hydrogens (primary N) is 1. The molecule has 1 amide bonds. The molecular weight excluding hydrogens is 452 g/mol. The molecule has 31 heavy (non-hydrogen) atoms. The number of nitrogen functional groups attached to an aromatic ring is 1. The Morgan fingerprint density at radius 1 is 1.26 bits per heavy atom. The Labute approximate surface area is 189 Å². The molecule has 2 aromatic carbocycles. The van der Waals surface area contributed by atoms with Crippen LogP contribution in [0.5, 0.6) is 0 Å². The molecule has 1 aliphatic heterocycles. The van der Waals surface area contributed by atoms with E-state index in [-0.39, 0.29) is 0 Å². The molecule has 0 saturated carbocycles. The molecule has 9 heteroatoms. The predicted octanol–water partition coefficient (Wildman–Crippen LogP) is 5.80. The van der Waals surface area contributed by atoms with E-state index in [0.29, 0.717) is 48.1 Å². The average Bonchev–Trinajstić information content (AvgIpc) is 2.75. The second-order valence-corrected chi connectivity index (χ2v) is 7.58. The fourth-order valence-corrected chi connectivity index (χ4v) is 3.50. The molecule has 0 fully saturated rings. The van der Waals surface area contributed by atoms with Gasteiger partial charge in [0.15, 0.2) is 0 Å². The van der Waals surface area contributed by atoms with Crippen LogP contribution in [-0.4, -0.2) is 37.5 Å². The lowest BCUT2D eigenvalue weighted by molar-refractivity contribution is -0.137. The van der Waals surface area contributed by atoms with Crippen molar-refractivity contribution < 1.29 is 22.7 Å². The van der Waals surface area contributed by atoms with Crippen molar-refractivity contribution in [3.8, 4) is 0 Å². The molecule has 2 aromatic rings. The van der Waals surface area contributed by atoms with E-state index in [9.17, 15) is 18.0 Å². The molecule has 3 rings (SSSR count). The van der Waals surface area contributed by atoms with Gasteiger partial charge < -0.3 is 15.4 Å². The lowest BCUT2D eigenvalue weighted by atomic mass is 9.91. The highest BCUT2D eigenvalue weighted by molar-refractivity contribution is 6.30. The first-order valence-electron chi connectivity index (χ1n) is 9.40. The van der Waals surface area contributed by atoms with E-state index in [0.717, 1.165) is 23.3 Å². The molecule has 0 saturated heterocycles. The number of carbonyl (C=O) groups is 1. The number of nitrogens with zero attached hydrogens (tertiary/aromatic N) is 1. The van der Waals surface area contributed by atoms with Gasteiger partial charge in [-0.15, -0.1) is 11.6 Å². The highest BCUT2D eigenvalue weighted by atomic mass is 35.5. The van der Waals surface area contributed by atoms with Gasteiger partial charge in [0.25, 0.3) is 0 Å². The molecule has 1 atom stereocenters. The van der Waals surface area contributed by atoms with E-state index in [1.807, 2.05) is 0 Å². The molecule has 1 heterocycles. The summed E-state index contributed by atoms with van der Waals surface area (Å²) >= 11 is 11.2. The van der Waals surface area contributed by atoms with Crippen molar-refractivity contribution in [3.05, 3.63) is 70.3 Å². The number of hydrogen-bond donors (Lipinski definition) is 1. The molecule has 168 valence electrons. The van der Waals surface area contributed by atoms with Gasteiger partial charge >= 0.3 is 6.18 Å². The number of halogens is 5. The third kappa shape index (κ3) is 6.89. The van der Waals surface area contributed by atoms with E-state index in [1.165, 1.54) is 11.0 Å². The van der Waals surface area contributed by atoms with Crippen LogP contribution >= 0.6 is 23.2 Å². The molecule has 0 bridgehead atoms. The van der Waals surface area contributed by atoms with Gasteiger partial charge in [0.05, 0.1) is 18.2 Å². The monoisotopic (exact) mass is 474 g/mol. The van der Waals surface area contributed by atoms with Gasteiger partial charge in [-0.25, -0.2) is 0 Å². The van der Waals surface area contributed by atoms with Gasteiger partial charge in [0.2, 0.25) is 6.41 Å². The summed E-state index contributed by atoms with van der Waals surface area (Å²) < 4.78 is 43.6. The minimum Gasteiger partial charge on any atom is -0.398 e. The van der Waals surface area contributed by atoms with Crippen molar-refractivity contribution in [1.82, 2.24) is 4.90 Å². The topological polar surface area (TPSA) is 55.6 Å². The fourth-order valence-electron chi connectivity index (χ4n) is 3.17. The number of rotatable bonds is 5. The highest BCUT2D eigenvalue weighted by Crippen LogP contribution is 2.37. The predicted molar refractivity (Wildman–Crippen MR) is 118 cm³/mol. The first-order valence-corrected chi connectivity index (χ1v) is 10.3. The van der Waals surface area contributed by atoms with Crippen LogP contribution < -0.4 is 5.73 Å². The largest absolute Gasteiger partial charge is 0.416 e. The maximum atomic E-state index is 13.0. The summed E-state index contributed by atoms with van der Waals surface area (Å²) in [5.74, 6) is 0.594. The second kappa shape index (κ2) is 11.4. The van der Waals surface area contributed by atoms with Crippen LogP contribution in [0.15, 0.2) is 48.5 Å². The van der Waals surface area contributed by atoms with Crippen molar-refractivity contribution in [2.75, 3.05) is 31.9 Å². The van der Waals surface area contributed by atoms with E-state index >= 15 is 0 Å². The van der Waals surface area contributed by atoms with Crippen LogP contribution in [0.25, 0.3) is 5.57 Å². The Morgan fingerprint density at radius 2 is 2.00 bits per heavy atom. The van der Waals surface area contributed by atoms with Crippen LogP contribution in [0.2, 0.25) is 5.02 Å². The van der Waals surface area contributed by atoms with Crippen LogP contribution in [0.4, 0.5) is 18.9 Å². The zero-order chi connectivity index (χ0) is 23.0. The molecule has 0 radical (unpaired) electrons. The lowest BCUT2D eigenvalue weighted by Crippen LogP contribution is -2.31. The summed E-state index contributed by atoms with van der Waals surface area (Å²) in [6.07, 6.45) is -1.48. The van der Waals surface area contributed by atoms with Crippen LogP contribution in [0.3, 0.4) is 0 Å². The van der Waals surface area contributed by atoms with Gasteiger partial charge in [0.1, 0.15) is 0 Å². The Hall–Kier alpha value is -2.22. The minimum absolute atomic E-state index is 0.377. The molecule has 2 N–H and O–H groups in total.